The average molecular weight is 336 g/mol. The Hall–Kier alpha value is -1.24. The normalized spacial score (nSPS) is 16.7. The minimum absolute atomic E-state index is 0.176. The summed E-state index contributed by atoms with van der Waals surface area (Å²) in [5.41, 5.74) is -3.33. The molecule has 0 heterocycles. The predicted octanol–water partition coefficient (Wildman–Crippen LogP) is 4.40. The molecular formula is C15H19F3O3S. The Kier molecular flexibility index (Phi) is 4.00. The number of rotatable bonds is 3. The lowest BCUT2D eigenvalue weighted by Crippen LogP contribution is -2.28. The fourth-order valence-corrected chi connectivity index (χ4v) is 2.85. The van der Waals surface area contributed by atoms with Crippen molar-refractivity contribution in [2.45, 2.75) is 57.4 Å². The van der Waals surface area contributed by atoms with Gasteiger partial charge in [0, 0.05) is 0 Å². The molecule has 0 aromatic heterocycles. The second-order valence-electron chi connectivity index (χ2n) is 6.71. The zero-order valence-electron chi connectivity index (χ0n) is 12.9. The molecule has 0 spiro atoms. The third-order valence-electron chi connectivity index (χ3n) is 3.66. The third kappa shape index (κ3) is 3.39. The Morgan fingerprint density at radius 1 is 1.14 bits per heavy atom. The molecule has 7 heteroatoms. The van der Waals surface area contributed by atoms with Gasteiger partial charge in [0.25, 0.3) is 0 Å². The summed E-state index contributed by atoms with van der Waals surface area (Å²) < 4.78 is 64.2. The van der Waals surface area contributed by atoms with Crippen molar-refractivity contribution in [1.29, 1.82) is 0 Å². The maximum absolute atomic E-state index is 12.5. The molecule has 0 N–H and O–H groups in total. The van der Waals surface area contributed by atoms with Gasteiger partial charge >= 0.3 is 15.6 Å². The minimum Gasteiger partial charge on any atom is -0.376 e. The predicted molar refractivity (Wildman–Crippen MR) is 77.5 cm³/mol. The van der Waals surface area contributed by atoms with Crippen LogP contribution in [0.15, 0.2) is 12.1 Å². The molecule has 3 nitrogen and oxygen atoms in total. The van der Waals surface area contributed by atoms with Gasteiger partial charge in [-0.25, -0.2) is 0 Å². The second kappa shape index (κ2) is 5.15. The molecule has 1 aromatic rings. The molecule has 1 saturated carbocycles. The number of hydrogen-bond donors (Lipinski definition) is 0. The lowest BCUT2D eigenvalue weighted by Gasteiger charge is -2.25. The summed E-state index contributed by atoms with van der Waals surface area (Å²) in [6.45, 7) is 7.59. The van der Waals surface area contributed by atoms with E-state index >= 15 is 0 Å². The molecule has 1 aliphatic carbocycles. The van der Waals surface area contributed by atoms with Crippen LogP contribution in [-0.4, -0.2) is 13.9 Å². The molecule has 0 bridgehead atoms. The van der Waals surface area contributed by atoms with E-state index in [9.17, 15) is 21.6 Å². The van der Waals surface area contributed by atoms with Crippen molar-refractivity contribution in [2.75, 3.05) is 0 Å². The van der Waals surface area contributed by atoms with Gasteiger partial charge in [-0.2, -0.15) is 21.6 Å². The van der Waals surface area contributed by atoms with Crippen molar-refractivity contribution in [3.63, 3.8) is 0 Å². The first-order valence-corrected chi connectivity index (χ1v) is 8.39. The molecule has 0 saturated heterocycles. The first-order valence-electron chi connectivity index (χ1n) is 6.99. The zero-order valence-corrected chi connectivity index (χ0v) is 13.7. The fraction of sp³-hybridized carbons (Fsp3) is 0.600. The molecule has 1 aliphatic rings. The highest BCUT2D eigenvalue weighted by Crippen LogP contribution is 2.46. The van der Waals surface area contributed by atoms with E-state index in [4.69, 9.17) is 0 Å². The first kappa shape index (κ1) is 17.1. The highest BCUT2D eigenvalue weighted by atomic mass is 32.2. The van der Waals surface area contributed by atoms with E-state index in [0.717, 1.165) is 24.0 Å². The Morgan fingerprint density at radius 2 is 1.68 bits per heavy atom. The van der Waals surface area contributed by atoms with Crippen molar-refractivity contribution >= 4 is 10.1 Å². The van der Waals surface area contributed by atoms with Crippen LogP contribution < -0.4 is 4.18 Å². The van der Waals surface area contributed by atoms with Gasteiger partial charge < -0.3 is 4.18 Å². The molecule has 1 fully saturated rings. The fourth-order valence-electron chi connectivity index (χ4n) is 2.34. The number of benzene rings is 1. The summed E-state index contributed by atoms with van der Waals surface area (Å²) in [4.78, 5) is 0. The Morgan fingerprint density at radius 3 is 2.09 bits per heavy atom. The van der Waals surface area contributed by atoms with Gasteiger partial charge in [-0.05, 0) is 53.9 Å². The number of hydrogen-bond acceptors (Lipinski definition) is 3. The number of halogens is 3. The molecular weight excluding hydrogens is 317 g/mol. The van der Waals surface area contributed by atoms with Crippen molar-refractivity contribution in [3.8, 4) is 5.75 Å². The monoisotopic (exact) mass is 336 g/mol. The van der Waals surface area contributed by atoms with Crippen LogP contribution >= 0.6 is 0 Å². The minimum atomic E-state index is -5.64. The van der Waals surface area contributed by atoms with Gasteiger partial charge in [0.15, 0.2) is 0 Å². The number of aryl methyl sites for hydroxylation is 1. The van der Waals surface area contributed by atoms with Crippen LogP contribution in [0.1, 0.15) is 56.2 Å². The molecule has 0 atom stereocenters. The molecule has 22 heavy (non-hydrogen) atoms. The van der Waals surface area contributed by atoms with Gasteiger partial charge in [-0.15, -0.1) is 0 Å². The molecule has 0 radical (unpaired) electrons. The summed E-state index contributed by atoms with van der Waals surface area (Å²) in [7, 11) is -5.64. The molecule has 0 unspecified atom stereocenters. The van der Waals surface area contributed by atoms with Crippen LogP contribution in [0.5, 0.6) is 5.75 Å². The summed E-state index contributed by atoms with van der Waals surface area (Å²) in [6, 6.07) is 3.19. The Balaban J connectivity index is 2.49. The quantitative estimate of drug-likeness (QED) is 0.607. The summed E-state index contributed by atoms with van der Waals surface area (Å²) in [5, 5.41) is 0. The molecule has 1 aromatic carbocycles. The largest absolute Gasteiger partial charge is 0.534 e. The molecule has 0 amide bonds. The highest BCUT2D eigenvalue weighted by molar-refractivity contribution is 7.88. The molecule has 124 valence electrons. The second-order valence-corrected chi connectivity index (χ2v) is 8.25. The van der Waals surface area contributed by atoms with Gasteiger partial charge in [0.1, 0.15) is 5.75 Å². The van der Waals surface area contributed by atoms with Crippen LogP contribution in [0, 0.1) is 6.92 Å². The Labute approximate surface area is 128 Å². The highest BCUT2D eigenvalue weighted by Gasteiger charge is 2.49. The molecule has 0 aliphatic heterocycles. The maximum atomic E-state index is 12.5. The van der Waals surface area contributed by atoms with Crippen LogP contribution in [0.25, 0.3) is 0 Å². The first-order chi connectivity index (χ1) is 9.83. The van der Waals surface area contributed by atoms with Crippen LogP contribution in [0.3, 0.4) is 0 Å². The summed E-state index contributed by atoms with van der Waals surface area (Å²) >= 11 is 0. The SMILES string of the molecule is Cc1cc(C(C)(C)C)c(C2CC2)cc1OS(=O)(=O)C(F)(F)F. The van der Waals surface area contributed by atoms with E-state index in [-0.39, 0.29) is 17.1 Å². The Bertz CT molecular complexity index is 681. The van der Waals surface area contributed by atoms with Crippen LogP contribution in [0.4, 0.5) is 13.2 Å². The lowest BCUT2D eigenvalue weighted by atomic mass is 9.81. The van der Waals surface area contributed by atoms with Crippen molar-refractivity contribution in [2.24, 2.45) is 0 Å². The van der Waals surface area contributed by atoms with E-state index in [2.05, 4.69) is 4.18 Å². The topological polar surface area (TPSA) is 43.4 Å². The average Bonchev–Trinajstić information content (AvgIpc) is 3.12. The lowest BCUT2D eigenvalue weighted by molar-refractivity contribution is -0.0500. The van der Waals surface area contributed by atoms with E-state index in [1.54, 1.807) is 13.0 Å². The third-order valence-corrected chi connectivity index (χ3v) is 4.62. The zero-order chi connectivity index (χ0) is 16.9. The van der Waals surface area contributed by atoms with E-state index < -0.39 is 15.6 Å². The van der Waals surface area contributed by atoms with Gasteiger partial charge in [-0.3, -0.25) is 0 Å². The number of alkyl halides is 3. The van der Waals surface area contributed by atoms with Crippen molar-refractivity contribution in [1.82, 2.24) is 0 Å². The van der Waals surface area contributed by atoms with Crippen molar-refractivity contribution in [3.05, 3.63) is 28.8 Å². The van der Waals surface area contributed by atoms with Crippen molar-refractivity contribution < 1.29 is 25.8 Å². The van der Waals surface area contributed by atoms with Gasteiger partial charge in [0.05, 0.1) is 0 Å². The van der Waals surface area contributed by atoms with Gasteiger partial charge in [0.2, 0.25) is 0 Å². The summed E-state index contributed by atoms with van der Waals surface area (Å²) in [5.74, 6) is 0.0259. The molecule has 2 rings (SSSR count). The van der Waals surface area contributed by atoms with E-state index in [1.807, 2.05) is 20.8 Å². The standard InChI is InChI=1S/C15H19F3O3S/c1-9-7-12(14(2,3)4)11(10-5-6-10)8-13(9)21-22(19,20)15(16,17)18/h7-8,10H,5-6H2,1-4H3. The smallest absolute Gasteiger partial charge is 0.376 e. The van der Waals surface area contributed by atoms with Gasteiger partial charge in [-0.1, -0.05) is 26.8 Å². The maximum Gasteiger partial charge on any atom is 0.534 e. The summed E-state index contributed by atoms with van der Waals surface area (Å²) in [6.07, 6.45) is 1.91. The van der Waals surface area contributed by atoms with E-state index in [1.165, 1.54) is 6.07 Å². The van der Waals surface area contributed by atoms with E-state index in [0.29, 0.717) is 5.56 Å². The van der Waals surface area contributed by atoms with Crippen LogP contribution in [0.2, 0.25) is 0 Å². The van der Waals surface area contributed by atoms with Crippen LogP contribution in [-0.2, 0) is 15.5 Å².